The van der Waals surface area contributed by atoms with Crippen molar-refractivity contribution >= 4 is 39.5 Å². The van der Waals surface area contributed by atoms with Crippen LogP contribution in [0.1, 0.15) is 18.7 Å². The highest BCUT2D eigenvalue weighted by atomic mass is 79.9. The molecular weight excluding hydrogens is 420 g/mol. The highest BCUT2D eigenvalue weighted by Crippen LogP contribution is 2.22. The largest absolute Gasteiger partial charge is 0.369 e. The molecule has 2 heterocycles. The number of nitrogens with two attached hydrogens (primary N) is 1. The van der Waals surface area contributed by atoms with Crippen LogP contribution >= 0.6 is 27.7 Å². The molecular formula is C17H19BrN4O3S. The molecule has 1 fully saturated rings. The molecule has 3 rings (SSSR count). The molecule has 26 heavy (non-hydrogen) atoms. The number of rotatable bonds is 6. The van der Waals surface area contributed by atoms with E-state index in [0.29, 0.717) is 49.2 Å². The summed E-state index contributed by atoms with van der Waals surface area (Å²) in [7, 11) is 0. The number of primary amides is 1. The van der Waals surface area contributed by atoms with Crippen molar-refractivity contribution in [2.75, 3.05) is 18.8 Å². The number of likely N-dealkylation sites (tertiary alicyclic amines) is 1. The molecule has 0 radical (unpaired) electrons. The Morgan fingerprint density at radius 3 is 2.81 bits per heavy atom. The van der Waals surface area contributed by atoms with Gasteiger partial charge in [-0.3, -0.25) is 9.59 Å². The third kappa shape index (κ3) is 4.85. The molecule has 2 aromatic rings. The molecule has 1 aromatic heterocycles. The second-order valence-corrected chi connectivity index (χ2v) is 7.97. The van der Waals surface area contributed by atoms with Gasteiger partial charge in [-0.05, 0) is 25.0 Å². The first-order valence-electron chi connectivity index (χ1n) is 8.26. The summed E-state index contributed by atoms with van der Waals surface area (Å²) in [5.41, 5.74) is 6.18. The number of aromatic nitrogens is 2. The third-order valence-electron chi connectivity index (χ3n) is 4.25. The van der Waals surface area contributed by atoms with Crippen LogP contribution in [0.15, 0.2) is 33.3 Å². The van der Waals surface area contributed by atoms with Gasteiger partial charge in [0.25, 0.3) is 0 Å². The lowest BCUT2D eigenvalue weighted by atomic mass is 9.96. The van der Waals surface area contributed by atoms with Gasteiger partial charge in [-0.1, -0.05) is 33.2 Å². The lowest BCUT2D eigenvalue weighted by Crippen LogP contribution is -2.42. The highest BCUT2D eigenvalue weighted by molar-refractivity contribution is 9.10. The fourth-order valence-corrected chi connectivity index (χ4v) is 3.94. The van der Waals surface area contributed by atoms with Crippen LogP contribution in [-0.4, -0.2) is 45.7 Å². The van der Waals surface area contributed by atoms with E-state index in [0.717, 1.165) is 10.0 Å². The monoisotopic (exact) mass is 438 g/mol. The number of piperidine rings is 1. The van der Waals surface area contributed by atoms with Gasteiger partial charge in [0.1, 0.15) is 0 Å². The molecule has 0 saturated carbocycles. The van der Waals surface area contributed by atoms with E-state index in [4.69, 9.17) is 10.3 Å². The van der Waals surface area contributed by atoms with Gasteiger partial charge in [-0.2, -0.15) is 4.98 Å². The van der Waals surface area contributed by atoms with Crippen molar-refractivity contribution in [2.24, 2.45) is 11.7 Å². The van der Waals surface area contributed by atoms with Crippen LogP contribution in [0.3, 0.4) is 0 Å². The first kappa shape index (κ1) is 18.9. The van der Waals surface area contributed by atoms with Gasteiger partial charge in [0, 0.05) is 29.0 Å². The van der Waals surface area contributed by atoms with Gasteiger partial charge in [0.15, 0.2) is 0 Å². The predicted molar refractivity (Wildman–Crippen MR) is 102 cm³/mol. The summed E-state index contributed by atoms with van der Waals surface area (Å²) < 4.78 is 6.20. The summed E-state index contributed by atoms with van der Waals surface area (Å²) >= 11 is 4.85. The Bertz CT molecular complexity index is 790. The summed E-state index contributed by atoms with van der Waals surface area (Å²) in [6.45, 7) is 1.17. The van der Waals surface area contributed by atoms with Crippen LogP contribution in [0.5, 0.6) is 0 Å². The maximum atomic E-state index is 12.2. The fraction of sp³-hybridized carbons (Fsp3) is 0.412. The van der Waals surface area contributed by atoms with Crippen molar-refractivity contribution in [3.05, 3.63) is 34.6 Å². The van der Waals surface area contributed by atoms with E-state index in [1.54, 1.807) is 4.90 Å². The zero-order valence-corrected chi connectivity index (χ0v) is 16.5. The average Bonchev–Trinajstić information content (AvgIpc) is 3.10. The lowest BCUT2D eigenvalue weighted by molar-refractivity contribution is -0.132. The van der Waals surface area contributed by atoms with Crippen LogP contribution in [0.2, 0.25) is 0 Å². The molecule has 2 amide bonds. The molecule has 0 spiro atoms. The molecule has 1 aliphatic rings. The summed E-state index contributed by atoms with van der Waals surface area (Å²) in [6, 6.07) is 7.66. The van der Waals surface area contributed by atoms with Crippen molar-refractivity contribution in [1.29, 1.82) is 0 Å². The number of amides is 2. The van der Waals surface area contributed by atoms with Gasteiger partial charge in [-0.25, -0.2) is 0 Å². The van der Waals surface area contributed by atoms with Crippen molar-refractivity contribution in [1.82, 2.24) is 15.0 Å². The Kier molecular flexibility index (Phi) is 6.31. The molecule has 0 unspecified atom stereocenters. The third-order valence-corrected chi connectivity index (χ3v) is 5.65. The molecule has 1 aliphatic heterocycles. The molecule has 1 aromatic carbocycles. The Hall–Kier alpha value is -1.87. The molecule has 7 nitrogen and oxygen atoms in total. The number of benzene rings is 1. The van der Waals surface area contributed by atoms with Crippen molar-refractivity contribution in [3.63, 3.8) is 0 Å². The standard InChI is InChI=1S/C17H19BrN4O3S/c18-13-3-1-2-12(8-13)17-20-14(25-21-17)9-26-10-15(23)22-6-4-11(5-7-22)16(19)24/h1-3,8,11H,4-7,9-10H2,(H2,19,24). The van der Waals surface area contributed by atoms with Crippen LogP contribution in [0.4, 0.5) is 0 Å². The number of halogens is 1. The fourth-order valence-electron chi connectivity index (χ4n) is 2.79. The van der Waals surface area contributed by atoms with E-state index in [2.05, 4.69) is 26.1 Å². The first-order valence-corrected chi connectivity index (χ1v) is 10.2. The predicted octanol–water partition coefficient (Wildman–Crippen LogP) is 2.46. The van der Waals surface area contributed by atoms with Crippen molar-refractivity contribution < 1.29 is 14.1 Å². The molecule has 2 N–H and O–H groups in total. The lowest BCUT2D eigenvalue weighted by Gasteiger charge is -2.30. The Labute approximate surface area is 163 Å². The van der Waals surface area contributed by atoms with Gasteiger partial charge in [-0.15, -0.1) is 11.8 Å². The van der Waals surface area contributed by atoms with E-state index in [1.807, 2.05) is 24.3 Å². The minimum absolute atomic E-state index is 0.0599. The molecule has 138 valence electrons. The number of hydrogen-bond acceptors (Lipinski definition) is 6. The second kappa shape index (κ2) is 8.68. The molecule has 9 heteroatoms. The Morgan fingerprint density at radius 2 is 2.12 bits per heavy atom. The van der Waals surface area contributed by atoms with Gasteiger partial charge >= 0.3 is 0 Å². The first-order chi connectivity index (χ1) is 12.5. The maximum absolute atomic E-state index is 12.2. The average molecular weight is 439 g/mol. The van der Waals surface area contributed by atoms with Crippen LogP contribution in [0, 0.1) is 5.92 Å². The normalized spacial score (nSPS) is 15.2. The van der Waals surface area contributed by atoms with Crippen LogP contribution in [-0.2, 0) is 15.3 Å². The minimum Gasteiger partial charge on any atom is -0.369 e. The molecule has 1 saturated heterocycles. The quantitative estimate of drug-likeness (QED) is 0.742. The van der Waals surface area contributed by atoms with Gasteiger partial charge in [0.05, 0.1) is 11.5 Å². The molecule has 0 atom stereocenters. The highest BCUT2D eigenvalue weighted by Gasteiger charge is 2.25. The van der Waals surface area contributed by atoms with E-state index in [9.17, 15) is 9.59 Å². The Morgan fingerprint density at radius 1 is 1.35 bits per heavy atom. The van der Waals surface area contributed by atoms with Crippen LogP contribution < -0.4 is 5.73 Å². The van der Waals surface area contributed by atoms with Crippen molar-refractivity contribution in [2.45, 2.75) is 18.6 Å². The van der Waals surface area contributed by atoms with E-state index in [1.165, 1.54) is 11.8 Å². The zero-order chi connectivity index (χ0) is 18.5. The number of thioether (sulfide) groups is 1. The van der Waals surface area contributed by atoms with E-state index < -0.39 is 0 Å². The zero-order valence-electron chi connectivity index (χ0n) is 14.1. The number of nitrogens with zero attached hydrogens (tertiary/aromatic N) is 3. The smallest absolute Gasteiger partial charge is 0.236 e. The molecule has 0 aliphatic carbocycles. The minimum atomic E-state index is -0.274. The summed E-state index contributed by atoms with van der Waals surface area (Å²) in [5, 5.41) is 3.98. The van der Waals surface area contributed by atoms with E-state index in [-0.39, 0.29) is 17.7 Å². The maximum Gasteiger partial charge on any atom is 0.236 e. The van der Waals surface area contributed by atoms with E-state index >= 15 is 0 Å². The SMILES string of the molecule is NC(=O)C1CCN(C(=O)CSCc2nc(-c3cccc(Br)c3)no2)CC1. The topological polar surface area (TPSA) is 102 Å². The molecule has 0 bridgehead atoms. The second-order valence-electron chi connectivity index (χ2n) is 6.07. The van der Waals surface area contributed by atoms with Gasteiger partial charge in [0.2, 0.25) is 23.5 Å². The number of carbonyl (C=O) groups excluding carboxylic acids is 2. The number of hydrogen-bond donors (Lipinski definition) is 1. The summed E-state index contributed by atoms with van der Waals surface area (Å²) in [5.74, 6) is 1.52. The Balaban J connectivity index is 1.45. The summed E-state index contributed by atoms with van der Waals surface area (Å²) in [4.78, 5) is 29.6. The number of carbonyl (C=O) groups is 2. The van der Waals surface area contributed by atoms with Crippen LogP contribution in [0.25, 0.3) is 11.4 Å². The van der Waals surface area contributed by atoms with Crippen molar-refractivity contribution in [3.8, 4) is 11.4 Å². The summed E-state index contributed by atoms with van der Waals surface area (Å²) in [6.07, 6.45) is 1.29. The van der Waals surface area contributed by atoms with Gasteiger partial charge < -0.3 is 15.2 Å².